The van der Waals surface area contributed by atoms with Crippen LogP contribution in [0.4, 0.5) is 5.69 Å². The number of amides is 1. The highest BCUT2D eigenvalue weighted by molar-refractivity contribution is 7.14. The summed E-state index contributed by atoms with van der Waals surface area (Å²) in [5, 5.41) is 3.96. The summed E-state index contributed by atoms with van der Waals surface area (Å²) in [7, 11) is 2.01. The highest BCUT2D eigenvalue weighted by Gasteiger charge is 2.17. The monoisotopic (exact) mass is 390 g/mol. The van der Waals surface area contributed by atoms with E-state index < -0.39 is 0 Å². The second-order valence-corrected chi connectivity index (χ2v) is 8.17. The van der Waals surface area contributed by atoms with Gasteiger partial charge >= 0.3 is 0 Å². The SMILES string of the molecule is Cc1nc(C(C)C)sc1C(=O)Nc1ccc(-c2nc3ccccc3n2C)cc1. The van der Waals surface area contributed by atoms with Gasteiger partial charge in [0.05, 0.1) is 21.7 Å². The highest BCUT2D eigenvalue weighted by Crippen LogP contribution is 2.27. The van der Waals surface area contributed by atoms with Crippen LogP contribution in [0.2, 0.25) is 0 Å². The number of rotatable bonds is 4. The van der Waals surface area contributed by atoms with Crippen molar-refractivity contribution in [2.75, 3.05) is 5.32 Å². The Labute approximate surface area is 168 Å². The Balaban J connectivity index is 1.56. The molecular formula is C22H22N4OS. The van der Waals surface area contributed by atoms with E-state index in [2.05, 4.69) is 34.8 Å². The van der Waals surface area contributed by atoms with Crippen molar-refractivity contribution in [3.8, 4) is 11.4 Å². The smallest absolute Gasteiger partial charge is 0.267 e. The number of anilines is 1. The largest absolute Gasteiger partial charge is 0.327 e. The molecule has 2 heterocycles. The molecule has 0 aliphatic heterocycles. The number of nitrogens with zero attached hydrogens (tertiary/aromatic N) is 3. The van der Waals surface area contributed by atoms with Crippen molar-refractivity contribution in [3.63, 3.8) is 0 Å². The maximum atomic E-state index is 12.6. The summed E-state index contributed by atoms with van der Waals surface area (Å²) in [5.41, 5.74) is 4.61. The second-order valence-electron chi connectivity index (χ2n) is 7.14. The molecule has 1 N–H and O–H groups in total. The molecule has 142 valence electrons. The minimum absolute atomic E-state index is 0.114. The van der Waals surface area contributed by atoms with Crippen LogP contribution >= 0.6 is 11.3 Å². The molecule has 0 fully saturated rings. The zero-order valence-corrected chi connectivity index (χ0v) is 17.2. The Morgan fingerprint density at radius 2 is 1.79 bits per heavy atom. The number of para-hydroxylation sites is 2. The summed E-state index contributed by atoms with van der Waals surface area (Å²) in [6, 6.07) is 15.9. The number of carbonyl (C=O) groups is 1. The van der Waals surface area contributed by atoms with Crippen molar-refractivity contribution < 1.29 is 4.79 Å². The molecule has 0 unspecified atom stereocenters. The summed E-state index contributed by atoms with van der Waals surface area (Å²) < 4.78 is 2.08. The molecule has 2 aromatic carbocycles. The summed E-state index contributed by atoms with van der Waals surface area (Å²) in [5.74, 6) is 1.11. The lowest BCUT2D eigenvalue weighted by Gasteiger charge is -2.06. The molecule has 0 bridgehead atoms. The minimum Gasteiger partial charge on any atom is -0.327 e. The van der Waals surface area contributed by atoms with E-state index in [-0.39, 0.29) is 5.91 Å². The molecule has 0 spiro atoms. The molecule has 0 atom stereocenters. The lowest BCUT2D eigenvalue weighted by Crippen LogP contribution is -2.11. The Morgan fingerprint density at radius 3 is 2.43 bits per heavy atom. The number of thiazole rings is 1. The van der Waals surface area contributed by atoms with Crippen molar-refractivity contribution in [3.05, 3.63) is 64.1 Å². The predicted octanol–water partition coefficient (Wildman–Crippen LogP) is 5.38. The Kier molecular flexibility index (Phi) is 4.73. The highest BCUT2D eigenvalue weighted by atomic mass is 32.1. The van der Waals surface area contributed by atoms with E-state index in [1.165, 1.54) is 11.3 Å². The molecule has 6 heteroatoms. The van der Waals surface area contributed by atoms with Gasteiger partial charge in [0.1, 0.15) is 10.7 Å². The van der Waals surface area contributed by atoms with Crippen LogP contribution in [0.25, 0.3) is 22.4 Å². The van der Waals surface area contributed by atoms with Gasteiger partial charge in [0.25, 0.3) is 5.91 Å². The molecule has 28 heavy (non-hydrogen) atoms. The number of hydrogen-bond acceptors (Lipinski definition) is 4. The van der Waals surface area contributed by atoms with Gasteiger partial charge in [0.15, 0.2) is 0 Å². The number of aryl methyl sites for hydroxylation is 2. The van der Waals surface area contributed by atoms with Gasteiger partial charge in [-0.3, -0.25) is 4.79 Å². The molecule has 0 aliphatic rings. The van der Waals surface area contributed by atoms with Gasteiger partial charge in [0.2, 0.25) is 0 Å². The van der Waals surface area contributed by atoms with E-state index in [0.717, 1.165) is 38.8 Å². The summed E-state index contributed by atoms with van der Waals surface area (Å²) in [6.07, 6.45) is 0. The Hall–Kier alpha value is -2.99. The van der Waals surface area contributed by atoms with Gasteiger partial charge < -0.3 is 9.88 Å². The van der Waals surface area contributed by atoms with E-state index in [4.69, 9.17) is 4.98 Å². The van der Waals surface area contributed by atoms with E-state index in [9.17, 15) is 4.79 Å². The van der Waals surface area contributed by atoms with Gasteiger partial charge in [-0.1, -0.05) is 26.0 Å². The minimum atomic E-state index is -0.114. The Morgan fingerprint density at radius 1 is 1.07 bits per heavy atom. The number of nitrogens with one attached hydrogen (secondary N) is 1. The number of imidazole rings is 1. The van der Waals surface area contributed by atoms with Gasteiger partial charge in [-0.2, -0.15) is 0 Å². The fourth-order valence-electron chi connectivity index (χ4n) is 3.17. The molecule has 0 radical (unpaired) electrons. The maximum absolute atomic E-state index is 12.6. The third-order valence-corrected chi connectivity index (χ3v) is 6.16. The second kappa shape index (κ2) is 7.20. The van der Waals surface area contributed by atoms with Crippen LogP contribution in [0.5, 0.6) is 0 Å². The van der Waals surface area contributed by atoms with Crippen LogP contribution in [-0.4, -0.2) is 20.4 Å². The first-order valence-corrected chi connectivity index (χ1v) is 10.1. The first-order valence-electron chi connectivity index (χ1n) is 9.24. The van der Waals surface area contributed by atoms with Crippen molar-refractivity contribution in [2.24, 2.45) is 7.05 Å². The molecule has 1 amide bonds. The molecule has 0 aliphatic carbocycles. The van der Waals surface area contributed by atoms with Crippen molar-refractivity contribution in [2.45, 2.75) is 26.7 Å². The van der Waals surface area contributed by atoms with E-state index >= 15 is 0 Å². The average molecular weight is 391 g/mol. The summed E-state index contributed by atoms with van der Waals surface area (Å²) in [6.45, 7) is 6.05. The average Bonchev–Trinajstić information content (AvgIpc) is 3.23. The van der Waals surface area contributed by atoms with Crippen molar-refractivity contribution in [1.29, 1.82) is 0 Å². The standard InChI is InChI=1S/C22H22N4OS/c1-13(2)22-23-14(3)19(28-22)21(27)24-16-11-9-15(10-12-16)20-25-17-7-5-6-8-18(17)26(20)4/h5-13H,1-4H3,(H,24,27). The third-order valence-electron chi connectivity index (χ3n) is 4.70. The van der Waals surface area contributed by atoms with Crippen LogP contribution in [0.3, 0.4) is 0 Å². The van der Waals surface area contributed by atoms with Crippen LogP contribution in [0, 0.1) is 6.92 Å². The zero-order chi connectivity index (χ0) is 19.8. The molecule has 4 rings (SSSR count). The van der Waals surface area contributed by atoms with E-state index in [0.29, 0.717) is 10.8 Å². The number of benzene rings is 2. The van der Waals surface area contributed by atoms with Crippen LogP contribution < -0.4 is 5.32 Å². The molecule has 2 aromatic heterocycles. The number of hydrogen-bond donors (Lipinski definition) is 1. The molecule has 4 aromatic rings. The maximum Gasteiger partial charge on any atom is 0.267 e. The molecule has 5 nitrogen and oxygen atoms in total. The van der Waals surface area contributed by atoms with Gasteiger partial charge in [-0.25, -0.2) is 9.97 Å². The van der Waals surface area contributed by atoms with E-state index in [1.54, 1.807) is 0 Å². The zero-order valence-electron chi connectivity index (χ0n) is 16.4. The van der Waals surface area contributed by atoms with Crippen LogP contribution in [0.1, 0.15) is 40.1 Å². The third kappa shape index (κ3) is 3.31. The van der Waals surface area contributed by atoms with Crippen LogP contribution in [-0.2, 0) is 7.05 Å². The molecule has 0 saturated carbocycles. The fraction of sp³-hybridized carbons (Fsp3) is 0.227. The lowest BCUT2D eigenvalue weighted by atomic mass is 10.2. The van der Waals surface area contributed by atoms with Crippen LogP contribution in [0.15, 0.2) is 48.5 Å². The lowest BCUT2D eigenvalue weighted by molar-refractivity contribution is 0.103. The van der Waals surface area contributed by atoms with Crippen molar-refractivity contribution >= 4 is 34.0 Å². The Bertz CT molecular complexity index is 1160. The first kappa shape index (κ1) is 18.4. The van der Waals surface area contributed by atoms with Crippen molar-refractivity contribution in [1.82, 2.24) is 14.5 Å². The van der Waals surface area contributed by atoms with E-state index in [1.807, 2.05) is 56.4 Å². The topological polar surface area (TPSA) is 59.8 Å². The summed E-state index contributed by atoms with van der Waals surface area (Å²) in [4.78, 5) is 22.5. The quantitative estimate of drug-likeness (QED) is 0.509. The molecule has 0 saturated heterocycles. The number of fused-ring (bicyclic) bond motifs is 1. The number of aromatic nitrogens is 3. The fourth-order valence-corrected chi connectivity index (χ4v) is 4.13. The molecular weight excluding hydrogens is 368 g/mol. The normalized spacial score (nSPS) is 11.3. The number of carbonyl (C=O) groups excluding carboxylic acids is 1. The predicted molar refractivity (Wildman–Crippen MR) is 115 cm³/mol. The summed E-state index contributed by atoms with van der Waals surface area (Å²) >= 11 is 1.46. The van der Waals surface area contributed by atoms with Gasteiger partial charge in [0, 0.05) is 24.2 Å². The van der Waals surface area contributed by atoms with Gasteiger partial charge in [-0.05, 0) is 43.3 Å². The first-order chi connectivity index (χ1) is 13.4. The van der Waals surface area contributed by atoms with Gasteiger partial charge in [-0.15, -0.1) is 11.3 Å².